The van der Waals surface area contributed by atoms with Gasteiger partial charge in [0.1, 0.15) is 11.4 Å². The van der Waals surface area contributed by atoms with E-state index in [1.165, 1.54) is 4.88 Å². The minimum Gasteiger partial charge on any atom is -0.347 e. The molecule has 2 heterocycles. The van der Waals surface area contributed by atoms with Crippen molar-refractivity contribution >= 4 is 34.2 Å². The van der Waals surface area contributed by atoms with E-state index in [1.807, 2.05) is 26.0 Å². The van der Waals surface area contributed by atoms with Gasteiger partial charge in [0.25, 0.3) is 0 Å². The van der Waals surface area contributed by atoms with E-state index in [9.17, 15) is 4.79 Å². The van der Waals surface area contributed by atoms with Gasteiger partial charge >= 0.3 is 0 Å². The zero-order valence-corrected chi connectivity index (χ0v) is 16.6. The fourth-order valence-electron chi connectivity index (χ4n) is 2.97. The van der Waals surface area contributed by atoms with Crippen molar-refractivity contribution in [3.8, 4) is 10.4 Å². The number of thiocarbonyl (C=S) groups is 1. The first-order chi connectivity index (χ1) is 11.7. The quantitative estimate of drug-likeness (QED) is 0.538. The van der Waals surface area contributed by atoms with Crippen LogP contribution in [-0.2, 0) is 19.9 Å². The average molecular weight is 375 g/mol. The molecule has 132 valence electrons. The van der Waals surface area contributed by atoms with Gasteiger partial charge in [0.05, 0.1) is 6.61 Å². The Morgan fingerprint density at radius 1 is 1.24 bits per heavy atom. The molecule has 0 amide bonds. The Kier molecular flexibility index (Phi) is 4.95. The van der Waals surface area contributed by atoms with Gasteiger partial charge in [-0.15, -0.1) is 11.3 Å². The highest BCUT2D eigenvalue weighted by molar-refractivity contribution is 7.80. The number of carbonyl (C=O) groups excluding carboxylic acids is 1. The van der Waals surface area contributed by atoms with E-state index in [2.05, 4.69) is 30.5 Å². The van der Waals surface area contributed by atoms with Crippen molar-refractivity contribution in [3.63, 3.8) is 0 Å². The Balaban J connectivity index is 1.79. The highest BCUT2D eigenvalue weighted by Gasteiger charge is 2.43. The van der Waals surface area contributed by atoms with Gasteiger partial charge in [0.2, 0.25) is 0 Å². The Morgan fingerprint density at radius 2 is 1.92 bits per heavy atom. The lowest BCUT2D eigenvalue weighted by Gasteiger charge is -2.24. The average Bonchev–Trinajstić information content (AvgIpc) is 3.12. The van der Waals surface area contributed by atoms with Crippen molar-refractivity contribution in [2.75, 3.05) is 6.61 Å². The number of ketones is 1. The lowest BCUT2D eigenvalue weighted by atomic mass is 9.99. The van der Waals surface area contributed by atoms with Crippen molar-refractivity contribution in [2.45, 2.75) is 45.5 Å². The number of benzene rings is 1. The summed E-state index contributed by atoms with van der Waals surface area (Å²) in [7, 11) is 0. The van der Waals surface area contributed by atoms with Crippen molar-refractivity contribution in [3.05, 3.63) is 46.8 Å². The molecule has 1 saturated heterocycles. The van der Waals surface area contributed by atoms with Gasteiger partial charge in [-0.2, -0.15) is 0 Å². The normalized spacial score (nSPS) is 22.1. The molecule has 0 aliphatic carbocycles. The zero-order valence-electron chi connectivity index (χ0n) is 14.9. The molecule has 0 saturated carbocycles. The summed E-state index contributed by atoms with van der Waals surface area (Å²) in [6.07, 6.45) is 0.323. The Labute approximate surface area is 158 Å². The molecule has 1 atom stereocenters. The minimum absolute atomic E-state index is 0.0897. The van der Waals surface area contributed by atoms with Gasteiger partial charge < -0.3 is 9.47 Å². The second kappa shape index (κ2) is 6.72. The molecule has 3 rings (SSSR count). The van der Waals surface area contributed by atoms with Crippen LogP contribution in [0.3, 0.4) is 0 Å². The molecule has 0 bridgehead atoms. The van der Waals surface area contributed by atoms with Crippen LogP contribution in [0.4, 0.5) is 0 Å². The van der Waals surface area contributed by atoms with Gasteiger partial charge in [0, 0.05) is 16.2 Å². The Hall–Kier alpha value is -1.40. The first-order valence-electron chi connectivity index (χ1n) is 8.25. The summed E-state index contributed by atoms with van der Waals surface area (Å²) in [6, 6.07) is 10.2. The number of Topliss-reactive ketones (excluding diaryl/α,β-unsaturated/α-hetero) is 1. The molecular formula is C20H22O3S2. The topological polar surface area (TPSA) is 35.5 Å². The largest absolute Gasteiger partial charge is 0.347 e. The standard InChI is InChI=1S/C20H22O3S2/c1-13(21)9-17(24)14-5-7-15(8-6-14)18-10-16(11-25-18)20(4)12-22-19(2,3)23-20/h5-8,10-11H,9,12H2,1-4H3. The first kappa shape index (κ1) is 18.4. The molecule has 1 aromatic heterocycles. The van der Waals surface area contributed by atoms with Crippen LogP contribution in [0.2, 0.25) is 0 Å². The van der Waals surface area contributed by atoms with Gasteiger partial charge in [0.15, 0.2) is 5.79 Å². The van der Waals surface area contributed by atoms with Crippen LogP contribution in [0, 0.1) is 0 Å². The maximum Gasteiger partial charge on any atom is 0.164 e. The summed E-state index contributed by atoms with van der Waals surface area (Å²) in [6.45, 7) is 8.05. The summed E-state index contributed by atoms with van der Waals surface area (Å²) in [5.74, 6) is -0.461. The van der Waals surface area contributed by atoms with Crippen LogP contribution in [-0.4, -0.2) is 23.0 Å². The second-order valence-electron chi connectivity index (χ2n) is 7.10. The second-order valence-corrected chi connectivity index (χ2v) is 8.50. The van der Waals surface area contributed by atoms with E-state index in [0.29, 0.717) is 17.9 Å². The zero-order chi connectivity index (χ0) is 18.2. The molecular weight excluding hydrogens is 352 g/mol. The van der Waals surface area contributed by atoms with Crippen LogP contribution >= 0.6 is 23.6 Å². The predicted octanol–water partition coefficient (Wildman–Crippen LogP) is 5.11. The van der Waals surface area contributed by atoms with Crippen molar-refractivity contribution < 1.29 is 14.3 Å². The molecule has 2 aromatic rings. The van der Waals surface area contributed by atoms with Gasteiger partial charge in [-0.25, -0.2) is 0 Å². The van der Waals surface area contributed by atoms with E-state index in [1.54, 1.807) is 18.3 Å². The van der Waals surface area contributed by atoms with E-state index >= 15 is 0 Å². The van der Waals surface area contributed by atoms with E-state index < -0.39 is 11.4 Å². The molecule has 1 unspecified atom stereocenters. The molecule has 0 spiro atoms. The minimum atomic E-state index is -0.551. The third-order valence-electron chi connectivity index (χ3n) is 4.28. The number of hydrogen-bond donors (Lipinski definition) is 0. The van der Waals surface area contributed by atoms with Crippen molar-refractivity contribution in [2.24, 2.45) is 0 Å². The monoisotopic (exact) mass is 374 g/mol. The van der Waals surface area contributed by atoms with Crippen molar-refractivity contribution in [1.29, 1.82) is 0 Å². The summed E-state index contributed by atoms with van der Waals surface area (Å²) in [5.41, 5.74) is 2.79. The van der Waals surface area contributed by atoms with Gasteiger partial charge in [-0.05, 0) is 55.8 Å². The number of carbonyl (C=O) groups is 1. The maximum atomic E-state index is 11.2. The van der Waals surface area contributed by atoms with Crippen LogP contribution in [0.25, 0.3) is 10.4 Å². The molecule has 1 aromatic carbocycles. The summed E-state index contributed by atoms with van der Waals surface area (Å²) < 4.78 is 11.8. The fourth-order valence-corrected chi connectivity index (χ4v) is 4.35. The molecule has 0 N–H and O–H groups in total. The van der Waals surface area contributed by atoms with Gasteiger partial charge in [-0.1, -0.05) is 36.5 Å². The number of ether oxygens (including phenoxy) is 2. The van der Waals surface area contributed by atoms with E-state index in [0.717, 1.165) is 16.7 Å². The summed E-state index contributed by atoms with van der Waals surface area (Å²) in [5, 5.41) is 2.13. The third-order valence-corrected chi connectivity index (χ3v) is 5.64. The number of rotatable bonds is 5. The maximum absolute atomic E-state index is 11.2. The fraction of sp³-hybridized carbons (Fsp3) is 0.400. The van der Waals surface area contributed by atoms with E-state index in [-0.39, 0.29) is 5.78 Å². The highest BCUT2D eigenvalue weighted by atomic mass is 32.1. The van der Waals surface area contributed by atoms with Crippen LogP contribution in [0.15, 0.2) is 35.7 Å². The Morgan fingerprint density at radius 3 is 2.48 bits per heavy atom. The number of hydrogen-bond acceptors (Lipinski definition) is 5. The van der Waals surface area contributed by atoms with Crippen LogP contribution < -0.4 is 0 Å². The highest BCUT2D eigenvalue weighted by Crippen LogP contribution is 2.41. The van der Waals surface area contributed by atoms with Crippen LogP contribution in [0.5, 0.6) is 0 Å². The van der Waals surface area contributed by atoms with E-state index in [4.69, 9.17) is 21.7 Å². The smallest absolute Gasteiger partial charge is 0.164 e. The lowest BCUT2D eigenvalue weighted by molar-refractivity contribution is -0.159. The molecule has 5 heteroatoms. The summed E-state index contributed by atoms with van der Waals surface area (Å²) in [4.78, 5) is 13.1. The first-order valence-corrected chi connectivity index (χ1v) is 9.54. The van der Waals surface area contributed by atoms with Crippen molar-refractivity contribution in [1.82, 2.24) is 0 Å². The molecule has 3 nitrogen and oxygen atoms in total. The molecule has 1 aliphatic rings. The molecule has 25 heavy (non-hydrogen) atoms. The predicted molar refractivity (Wildman–Crippen MR) is 105 cm³/mol. The lowest BCUT2D eigenvalue weighted by Crippen LogP contribution is -2.27. The van der Waals surface area contributed by atoms with Crippen LogP contribution in [0.1, 0.15) is 45.2 Å². The SMILES string of the molecule is CC(=O)CC(=S)c1ccc(-c2cc(C3(C)COC(C)(C)O3)cs2)cc1. The van der Waals surface area contributed by atoms with Gasteiger partial charge in [-0.3, -0.25) is 4.79 Å². The third kappa shape index (κ3) is 4.06. The number of thiophene rings is 1. The Bertz CT molecular complexity index is 805. The summed E-state index contributed by atoms with van der Waals surface area (Å²) >= 11 is 7.01. The molecule has 1 fully saturated rings. The molecule has 1 aliphatic heterocycles. The molecule has 0 radical (unpaired) electrons.